The molecule has 0 saturated heterocycles. The van der Waals surface area contributed by atoms with Crippen molar-refractivity contribution in [2.45, 2.75) is 27.3 Å². The van der Waals surface area contributed by atoms with E-state index in [4.69, 9.17) is 9.72 Å². The molecule has 0 aliphatic carbocycles. The monoisotopic (exact) mass is 284 g/mol. The summed E-state index contributed by atoms with van der Waals surface area (Å²) in [5.74, 6) is 1.54. The van der Waals surface area contributed by atoms with Crippen LogP contribution in [0.15, 0.2) is 42.5 Å². The highest BCUT2D eigenvalue weighted by molar-refractivity contribution is 5.85. The molecular formula is C18H24N2O. The molecule has 3 nitrogen and oxygen atoms in total. The van der Waals surface area contributed by atoms with Gasteiger partial charge >= 0.3 is 0 Å². The van der Waals surface area contributed by atoms with Gasteiger partial charge in [-0.1, -0.05) is 38.1 Å². The van der Waals surface area contributed by atoms with Crippen LogP contribution in [0.5, 0.6) is 5.75 Å². The van der Waals surface area contributed by atoms with E-state index in [1.807, 2.05) is 43.3 Å². The van der Waals surface area contributed by atoms with E-state index in [1.54, 1.807) is 0 Å². The number of hydrogen-bond donors (Lipinski definition) is 1. The van der Waals surface area contributed by atoms with Crippen LogP contribution in [0.3, 0.4) is 0 Å². The average molecular weight is 284 g/mol. The Morgan fingerprint density at radius 3 is 2.86 bits per heavy atom. The zero-order valence-electron chi connectivity index (χ0n) is 13.1. The number of benzene rings is 1. The van der Waals surface area contributed by atoms with Crippen LogP contribution in [0.2, 0.25) is 0 Å². The van der Waals surface area contributed by atoms with E-state index in [0.29, 0.717) is 12.5 Å². The summed E-state index contributed by atoms with van der Waals surface area (Å²) in [4.78, 5) is 4.70. The van der Waals surface area contributed by atoms with Crippen LogP contribution in [-0.2, 0) is 6.54 Å². The van der Waals surface area contributed by atoms with Gasteiger partial charge in [-0.05, 0) is 31.5 Å². The molecule has 1 aromatic carbocycles. The fraction of sp³-hybridized carbons (Fsp3) is 0.389. The lowest BCUT2D eigenvalue weighted by Crippen LogP contribution is -2.19. The Labute approximate surface area is 127 Å². The Morgan fingerprint density at radius 1 is 1.29 bits per heavy atom. The number of nitrogens with zero attached hydrogens (tertiary/aromatic N) is 1. The molecule has 1 N–H and O–H groups in total. The fourth-order valence-electron chi connectivity index (χ4n) is 2.13. The third-order valence-electron chi connectivity index (χ3n) is 3.16. The molecular weight excluding hydrogens is 260 g/mol. The molecule has 0 bridgehead atoms. The first-order valence-electron chi connectivity index (χ1n) is 7.54. The molecule has 0 saturated carbocycles. The lowest BCUT2D eigenvalue weighted by molar-refractivity contribution is 0.366. The molecule has 2 aromatic rings. The summed E-state index contributed by atoms with van der Waals surface area (Å²) in [6, 6.07) is 10.2. The van der Waals surface area contributed by atoms with E-state index in [0.717, 1.165) is 35.4 Å². The van der Waals surface area contributed by atoms with Crippen molar-refractivity contribution in [2.24, 2.45) is 5.92 Å². The number of pyridine rings is 1. The normalized spacial score (nSPS) is 11.6. The molecule has 0 spiro atoms. The van der Waals surface area contributed by atoms with Crippen LogP contribution in [0.1, 0.15) is 26.5 Å². The van der Waals surface area contributed by atoms with Crippen LogP contribution in [0.4, 0.5) is 0 Å². The third kappa shape index (κ3) is 4.57. The maximum atomic E-state index is 5.87. The number of ether oxygens (including phenoxy) is 1. The molecule has 1 aromatic heterocycles. The number of para-hydroxylation sites is 1. The van der Waals surface area contributed by atoms with Crippen LogP contribution >= 0.6 is 0 Å². The van der Waals surface area contributed by atoms with Crippen molar-refractivity contribution >= 4 is 10.9 Å². The zero-order chi connectivity index (χ0) is 15.1. The topological polar surface area (TPSA) is 34.1 Å². The minimum atomic E-state index is 0.587. The predicted octanol–water partition coefficient (Wildman–Crippen LogP) is 3.94. The van der Waals surface area contributed by atoms with Crippen molar-refractivity contribution in [3.05, 3.63) is 48.2 Å². The summed E-state index contributed by atoms with van der Waals surface area (Å²) < 4.78 is 5.87. The van der Waals surface area contributed by atoms with Gasteiger partial charge in [0, 0.05) is 18.0 Å². The van der Waals surface area contributed by atoms with Gasteiger partial charge in [-0.15, -0.1) is 0 Å². The smallest absolute Gasteiger partial charge is 0.131 e. The summed E-state index contributed by atoms with van der Waals surface area (Å²) in [5.41, 5.74) is 2.00. The van der Waals surface area contributed by atoms with E-state index in [-0.39, 0.29) is 0 Å². The lowest BCUT2D eigenvalue weighted by atomic mass is 10.1. The largest absolute Gasteiger partial charge is 0.489 e. The van der Waals surface area contributed by atoms with E-state index < -0.39 is 0 Å². The second-order valence-electron chi connectivity index (χ2n) is 5.53. The number of hydrogen-bond acceptors (Lipinski definition) is 3. The van der Waals surface area contributed by atoms with Crippen LogP contribution in [0.25, 0.3) is 10.9 Å². The predicted molar refractivity (Wildman–Crippen MR) is 88.6 cm³/mol. The van der Waals surface area contributed by atoms with Crippen molar-refractivity contribution in [1.82, 2.24) is 10.3 Å². The molecule has 0 aliphatic heterocycles. The summed E-state index contributed by atoms with van der Waals surface area (Å²) in [7, 11) is 0. The Balaban J connectivity index is 2.21. The molecule has 0 radical (unpaired) electrons. The number of nitrogens with one attached hydrogen (secondary N) is 1. The van der Waals surface area contributed by atoms with Crippen molar-refractivity contribution in [2.75, 3.05) is 13.2 Å². The van der Waals surface area contributed by atoms with Crippen molar-refractivity contribution < 1.29 is 4.74 Å². The highest BCUT2D eigenvalue weighted by Gasteiger charge is 2.06. The van der Waals surface area contributed by atoms with Gasteiger partial charge in [0.05, 0.1) is 11.2 Å². The van der Waals surface area contributed by atoms with Gasteiger partial charge in [-0.3, -0.25) is 4.98 Å². The fourth-order valence-corrected chi connectivity index (χ4v) is 2.13. The third-order valence-corrected chi connectivity index (χ3v) is 3.16. The Kier molecular flexibility index (Phi) is 5.76. The highest BCUT2D eigenvalue weighted by atomic mass is 16.5. The molecule has 0 unspecified atom stereocenters. The number of rotatable bonds is 7. The second kappa shape index (κ2) is 7.79. The first kappa shape index (κ1) is 15.5. The zero-order valence-corrected chi connectivity index (χ0v) is 13.1. The Bertz CT molecular complexity index is 605. The first-order chi connectivity index (χ1) is 10.2. The van der Waals surface area contributed by atoms with Gasteiger partial charge in [0.1, 0.15) is 12.4 Å². The summed E-state index contributed by atoms with van der Waals surface area (Å²) >= 11 is 0. The molecule has 0 atom stereocenters. The standard InChI is InChI=1S/C18H24N2O/c1-4-5-10-21-18-11-15(13-19-12-14(2)3)20-17-9-7-6-8-16(17)18/h4-9,11,14,19H,10,12-13H2,1-3H3. The second-order valence-corrected chi connectivity index (χ2v) is 5.53. The van der Waals surface area contributed by atoms with Crippen LogP contribution < -0.4 is 10.1 Å². The molecule has 0 aliphatic rings. The van der Waals surface area contributed by atoms with Crippen molar-refractivity contribution in [3.63, 3.8) is 0 Å². The maximum absolute atomic E-state index is 5.87. The molecule has 0 amide bonds. The molecule has 0 fully saturated rings. The highest BCUT2D eigenvalue weighted by Crippen LogP contribution is 2.25. The molecule has 1 heterocycles. The summed E-state index contributed by atoms with van der Waals surface area (Å²) in [5, 5.41) is 4.49. The molecule has 3 heteroatoms. The van der Waals surface area contributed by atoms with Crippen LogP contribution in [0, 0.1) is 5.92 Å². The number of aromatic nitrogens is 1. The van der Waals surface area contributed by atoms with Gasteiger partial charge in [-0.2, -0.15) is 0 Å². The van der Waals surface area contributed by atoms with Gasteiger partial charge in [0.15, 0.2) is 0 Å². The Hall–Kier alpha value is -1.87. The van der Waals surface area contributed by atoms with Gasteiger partial charge in [-0.25, -0.2) is 0 Å². The van der Waals surface area contributed by atoms with Crippen LogP contribution in [-0.4, -0.2) is 18.1 Å². The minimum absolute atomic E-state index is 0.587. The molecule has 21 heavy (non-hydrogen) atoms. The first-order valence-corrected chi connectivity index (χ1v) is 7.54. The minimum Gasteiger partial charge on any atom is -0.489 e. The maximum Gasteiger partial charge on any atom is 0.131 e. The number of allylic oxidation sites excluding steroid dienone is 1. The van der Waals surface area contributed by atoms with Crippen molar-refractivity contribution in [3.8, 4) is 5.75 Å². The van der Waals surface area contributed by atoms with Crippen molar-refractivity contribution in [1.29, 1.82) is 0 Å². The van der Waals surface area contributed by atoms with Gasteiger partial charge in [0.25, 0.3) is 0 Å². The summed E-state index contributed by atoms with van der Waals surface area (Å²) in [6.07, 6.45) is 4.00. The lowest BCUT2D eigenvalue weighted by Gasteiger charge is -2.11. The molecule has 112 valence electrons. The summed E-state index contributed by atoms with van der Waals surface area (Å²) in [6.45, 7) is 8.74. The van der Waals surface area contributed by atoms with E-state index in [9.17, 15) is 0 Å². The van der Waals surface area contributed by atoms with Gasteiger partial charge < -0.3 is 10.1 Å². The van der Waals surface area contributed by atoms with Gasteiger partial charge in [0.2, 0.25) is 0 Å². The quantitative estimate of drug-likeness (QED) is 0.782. The SMILES string of the molecule is CC=CCOc1cc(CNCC(C)C)nc2ccccc12. The molecule has 2 rings (SSSR count). The average Bonchev–Trinajstić information content (AvgIpc) is 2.47. The number of fused-ring (bicyclic) bond motifs is 1. The van der Waals surface area contributed by atoms with E-state index in [1.165, 1.54) is 0 Å². The Morgan fingerprint density at radius 2 is 2.10 bits per heavy atom. The van der Waals surface area contributed by atoms with E-state index in [2.05, 4.69) is 25.2 Å². The van der Waals surface area contributed by atoms with E-state index >= 15 is 0 Å².